The van der Waals surface area contributed by atoms with Gasteiger partial charge in [-0.3, -0.25) is 4.79 Å². The molecule has 0 fully saturated rings. The Morgan fingerprint density at radius 2 is 2.14 bits per heavy atom. The van der Waals surface area contributed by atoms with E-state index in [0.717, 1.165) is 27.8 Å². The molecule has 0 amide bonds. The van der Waals surface area contributed by atoms with Gasteiger partial charge < -0.3 is 9.72 Å². The second-order valence-electron chi connectivity index (χ2n) is 4.61. The molecule has 0 atom stereocenters. The van der Waals surface area contributed by atoms with Crippen LogP contribution < -0.4 is 0 Å². The molecule has 3 rings (SSSR count). The van der Waals surface area contributed by atoms with Crippen LogP contribution in [0.25, 0.3) is 10.9 Å². The third-order valence-electron chi connectivity index (χ3n) is 3.17. The Hall–Kier alpha value is -2.47. The first-order valence-corrected chi connectivity index (χ1v) is 7.14. The predicted molar refractivity (Wildman–Crippen MR) is 79.9 cm³/mol. The summed E-state index contributed by atoms with van der Waals surface area (Å²) < 4.78 is 4.59. The highest BCUT2D eigenvalue weighted by Crippen LogP contribution is 2.23. The molecule has 0 aliphatic rings. The molecule has 0 spiro atoms. The van der Waals surface area contributed by atoms with Crippen LogP contribution in [0.4, 0.5) is 0 Å². The molecular weight excluding hydrogens is 288 g/mol. The molecule has 6 heteroatoms. The van der Waals surface area contributed by atoms with Crippen molar-refractivity contribution < 1.29 is 14.3 Å². The first-order valence-electron chi connectivity index (χ1n) is 6.26. The number of nitrogens with one attached hydrogen (secondary N) is 1. The van der Waals surface area contributed by atoms with Gasteiger partial charge in [0.15, 0.2) is 10.7 Å². The number of aromatic amines is 1. The quantitative estimate of drug-likeness (QED) is 0.596. The summed E-state index contributed by atoms with van der Waals surface area (Å²) in [5.74, 6) is -0.745. The lowest BCUT2D eigenvalue weighted by molar-refractivity contribution is 0.0595. The van der Waals surface area contributed by atoms with E-state index in [2.05, 4.69) is 14.7 Å². The van der Waals surface area contributed by atoms with Crippen molar-refractivity contribution in [3.8, 4) is 0 Å². The summed E-state index contributed by atoms with van der Waals surface area (Å²) in [5.41, 5.74) is 2.73. The van der Waals surface area contributed by atoms with Crippen molar-refractivity contribution in [1.29, 1.82) is 0 Å². The van der Waals surface area contributed by atoms with Gasteiger partial charge in [0.1, 0.15) is 0 Å². The number of carbonyl (C=O) groups is 2. The minimum Gasteiger partial charge on any atom is -0.464 e. The second-order valence-corrected chi connectivity index (χ2v) is 5.47. The maximum atomic E-state index is 12.5. The zero-order chi connectivity index (χ0) is 15.0. The average Bonchev–Trinajstić information content (AvgIpc) is 3.12. The fourth-order valence-electron chi connectivity index (χ4n) is 2.12. The number of hydrogen-bond donors (Lipinski definition) is 1. The van der Waals surface area contributed by atoms with Gasteiger partial charge in [-0.2, -0.15) is 0 Å². The molecule has 2 aromatic heterocycles. The molecule has 21 heavy (non-hydrogen) atoms. The molecule has 2 heterocycles. The number of esters is 1. The van der Waals surface area contributed by atoms with Gasteiger partial charge in [0.2, 0.25) is 5.78 Å². The van der Waals surface area contributed by atoms with E-state index in [-0.39, 0.29) is 16.5 Å². The minimum atomic E-state index is -0.542. The van der Waals surface area contributed by atoms with Crippen molar-refractivity contribution in [2.45, 2.75) is 6.92 Å². The summed E-state index contributed by atoms with van der Waals surface area (Å²) in [6, 6.07) is 5.84. The first-order chi connectivity index (χ1) is 10.1. The highest BCUT2D eigenvalue weighted by molar-refractivity contribution is 7.12. The number of benzene rings is 1. The molecule has 0 aliphatic heterocycles. The summed E-state index contributed by atoms with van der Waals surface area (Å²) >= 11 is 1.14. The van der Waals surface area contributed by atoms with Crippen LogP contribution in [0.3, 0.4) is 0 Å². The maximum absolute atomic E-state index is 12.5. The molecule has 3 aromatic rings. The van der Waals surface area contributed by atoms with Gasteiger partial charge in [-0.1, -0.05) is 12.1 Å². The van der Waals surface area contributed by atoms with Crippen molar-refractivity contribution in [2.24, 2.45) is 0 Å². The van der Waals surface area contributed by atoms with E-state index < -0.39 is 5.97 Å². The molecule has 0 aliphatic carbocycles. The number of methoxy groups -OCH3 is 1. The van der Waals surface area contributed by atoms with Crippen molar-refractivity contribution in [3.63, 3.8) is 0 Å². The Morgan fingerprint density at radius 1 is 1.33 bits per heavy atom. The number of H-pyrrole nitrogens is 1. The lowest BCUT2D eigenvalue weighted by Gasteiger charge is -1.97. The summed E-state index contributed by atoms with van der Waals surface area (Å²) in [7, 11) is 1.28. The lowest BCUT2D eigenvalue weighted by atomic mass is 10.1. The summed E-state index contributed by atoms with van der Waals surface area (Å²) in [4.78, 5) is 31.0. The highest BCUT2D eigenvalue weighted by atomic mass is 32.1. The molecule has 5 nitrogen and oxygen atoms in total. The number of nitrogens with zero attached hydrogens (tertiary/aromatic N) is 1. The standard InChI is InChI=1S/C15H12N2O3S/c1-8-3-4-9-10(6-16-11(9)5-8)13(18)14-17-12(7-21-14)15(19)20-2/h3-7,16H,1-2H3. The topological polar surface area (TPSA) is 72.1 Å². The summed E-state index contributed by atoms with van der Waals surface area (Å²) in [5, 5.41) is 2.65. The van der Waals surface area contributed by atoms with Crippen molar-refractivity contribution in [1.82, 2.24) is 9.97 Å². The smallest absolute Gasteiger partial charge is 0.357 e. The van der Waals surface area contributed by atoms with Crippen molar-refractivity contribution in [3.05, 3.63) is 51.6 Å². The monoisotopic (exact) mass is 300 g/mol. The normalized spacial score (nSPS) is 10.8. The Kier molecular flexibility index (Phi) is 3.31. The highest BCUT2D eigenvalue weighted by Gasteiger charge is 2.19. The predicted octanol–water partition coefficient (Wildman–Crippen LogP) is 2.95. The van der Waals surface area contributed by atoms with Crippen LogP contribution in [0.2, 0.25) is 0 Å². The van der Waals surface area contributed by atoms with E-state index in [1.165, 1.54) is 12.5 Å². The van der Waals surface area contributed by atoms with Gasteiger partial charge in [0.05, 0.1) is 12.7 Å². The fourth-order valence-corrected chi connectivity index (χ4v) is 2.86. The van der Waals surface area contributed by atoms with Crippen LogP contribution in [0.15, 0.2) is 29.8 Å². The van der Waals surface area contributed by atoms with Crippen LogP contribution in [0.5, 0.6) is 0 Å². The summed E-state index contributed by atoms with van der Waals surface area (Å²) in [6.45, 7) is 1.99. The number of thiazole rings is 1. The van der Waals surface area contributed by atoms with E-state index in [0.29, 0.717) is 5.56 Å². The molecule has 0 bridgehead atoms. The van der Waals surface area contributed by atoms with E-state index >= 15 is 0 Å². The van der Waals surface area contributed by atoms with Gasteiger partial charge in [-0.05, 0) is 18.6 Å². The van der Waals surface area contributed by atoms with E-state index in [9.17, 15) is 9.59 Å². The van der Waals surface area contributed by atoms with E-state index in [1.807, 2.05) is 25.1 Å². The summed E-state index contributed by atoms with van der Waals surface area (Å²) in [6.07, 6.45) is 1.67. The number of rotatable bonds is 3. The van der Waals surface area contributed by atoms with Crippen LogP contribution >= 0.6 is 11.3 Å². The third-order valence-corrected chi connectivity index (χ3v) is 4.02. The fraction of sp³-hybridized carbons (Fsp3) is 0.133. The zero-order valence-corrected chi connectivity index (χ0v) is 12.3. The number of fused-ring (bicyclic) bond motifs is 1. The molecule has 1 N–H and O–H groups in total. The Morgan fingerprint density at radius 3 is 2.90 bits per heavy atom. The molecular formula is C15H12N2O3S. The third kappa shape index (κ3) is 2.34. The first kappa shape index (κ1) is 13.5. The van der Waals surface area contributed by atoms with Gasteiger partial charge in [0.25, 0.3) is 0 Å². The Labute approximate surface area is 124 Å². The van der Waals surface area contributed by atoms with Gasteiger partial charge in [-0.15, -0.1) is 11.3 Å². The maximum Gasteiger partial charge on any atom is 0.357 e. The van der Waals surface area contributed by atoms with Gasteiger partial charge in [0, 0.05) is 22.5 Å². The number of ketones is 1. The number of ether oxygens (including phenoxy) is 1. The molecule has 106 valence electrons. The molecule has 0 unspecified atom stereocenters. The average molecular weight is 300 g/mol. The van der Waals surface area contributed by atoms with Crippen LogP contribution in [0.1, 0.15) is 31.4 Å². The Balaban J connectivity index is 2.00. The van der Waals surface area contributed by atoms with Crippen molar-refractivity contribution in [2.75, 3.05) is 7.11 Å². The number of hydrogen-bond acceptors (Lipinski definition) is 5. The van der Waals surface area contributed by atoms with Crippen LogP contribution in [0, 0.1) is 6.92 Å². The molecule has 1 aromatic carbocycles. The Bertz CT molecular complexity index is 848. The molecule has 0 radical (unpaired) electrons. The second kappa shape index (κ2) is 5.14. The van der Waals surface area contributed by atoms with Gasteiger partial charge >= 0.3 is 5.97 Å². The molecule has 0 saturated heterocycles. The van der Waals surface area contributed by atoms with Crippen LogP contribution in [-0.4, -0.2) is 28.8 Å². The van der Waals surface area contributed by atoms with E-state index in [1.54, 1.807) is 6.20 Å². The van der Waals surface area contributed by atoms with Crippen molar-refractivity contribution >= 4 is 34.0 Å². The molecule has 0 saturated carbocycles. The number of aryl methyl sites for hydroxylation is 1. The van der Waals surface area contributed by atoms with E-state index in [4.69, 9.17) is 0 Å². The number of carbonyl (C=O) groups excluding carboxylic acids is 2. The van der Waals surface area contributed by atoms with Gasteiger partial charge in [-0.25, -0.2) is 9.78 Å². The lowest BCUT2D eigenvalue weighted by Crippen LogP contribution is -2.04. The zero-order valence-electron chi connectivity index (χ0n) is 11.5. The number of aromatic nitrogens is 2. The van der Waals surface area contributed by atoms with Crippen LogP contribution in [-0.2, 0) is 4.74 Å². The minimum absolute atomic E-state index is 0.154. The SMILES string of the molecule is COC(=O)c1csc(C(=O)c2c[nH]c3cc(C)ccc23)n1. The largest absolute Gasteiger partial charge is 0.464 e.